The van der Waals surface area contributed by atoms with Gasteiger partial charge in [-0.05, 0) is 45.8 Å². The van der Waals surface area contributed by atoms with E-state index in [9.17, 15) is 4.79 Å². The van der Waals surface area contributed by atoms with Crippen LogP contribution in [-0.2, 0) is 4.79 Å². The number of piperidine rings is 1. The number of ketones is 1. The molecule has 1 heterocycles. The van der Waals surface area contributed by atoms with Crippen LogP contribution < -0.4 is 0 Å². The van der Waals surface area contributed by atoms with Gasteiger partial charge in [0.25, 0.3) is 0 Å². The van der Waals surface area contributed by atoms with Crippen LogP contribution >= 0.6 is 0 Å². The van der Waals surface area contributed by atoms with Crippen LogP contribution in [0.3, 0.4) is 0 Å². The fourth-order valence-electron chi connectivity index (χ4n) is 1.94. The van der Waals surface area contributed by atoms with Crippen molar-refractivity contribution in [2.24, 2.45) is 5.92 Å². The molecule has 1 rings (SSSR count). The smallest absolute Gasteiger partial charge is 0.133 e. The Morgan fingerprint density at radius 2 is 2.00 bits per heavy atom. The summed E-state index contributed by atoms with van der Waals surface area (Å²) >= 11 is 0. The summed E-state index contributed by atoms with van der Waals surface area (Å²) < 4.78 is 0. The molecule has 1 aliphatic rings. The average molecular weight is 183 g/mol. The van der Waals surface area contributed by atoms with E-state index in [4.69, 9.17) is 0 Å². The lowest BCUT2D eigenvalue weighted by Crippen LogP contribution is -2.36. The maximum absolute atomic E-state index is 11.1. The van der Waals surface area contributed by atoms with E-state index in [2.05, 4.69) is 11.8 Å². The maximum atomic E-state index is 11.1. The van der Waals surface area contributed by atoms with Crippen LogP contribution in [0.25, 0.3) is 0 Å². The largest absolute Gasteiger partial charge is 0.303 e. The molecule has 0 aliphatic carbocycles. The molecule has 76 valence electrons. The summed E-state index contributed by atoms with van der Waals surface area (Å²) in [5.41, 5.74) is 0. The zero-order valence-electron chi connectivity index (χ0n) is 8.88. The minimum atomic E-state index is 0.359. The number of rotatable bonds is 4. The third-order valence-electron chi connectivity index (χ3n) is 2.99. The van der Waals surface area contributed by atoms with Crippen molar-refractivity contribution in [3.05, 3.63) is 0 Å². The lowest BCUT2D eigenvalue weighted by Gasteiger charge is -2.30. The fourth-order valence-corrected chi connectivity index (χ4v) is 1.94. The quantitative estimate of drug-likeness (QED) is 0.665. The summed E-state index contributed by atoms with van der Waals surface area (Å²) in [6.07, 6.45) is 4.73. The Kier molecular flexibility index (Phi) is 4.43. The number of Topliss-reactive ketones (excluding diaryl/α,β-unsaturated/α-hetero) is 1. The Morgan fingerprint density at radius 3 is 2.46 bits per heavy atom. The van der Waals surface area contributed by atoms with Crippen LogP contribution in [0.2, 0.25) is 0 Å². The third-order valence-corrected chi connectivity index (χ3v) is 2.99. The predicted molar refractivity (Wildman–Crippen MR) is 54.8 cm³/mol. The molecule has 1 aliphatic heterocycles. The topological polar surface area (TPSA) is 20.3 Å². The molecule has 0 spiro atoms. The molecule has 0 aromatic rings. The number of hydrogen-bond acceptors (Lipinski definition) is 2. The summed E-state index contributed by atoms with van der Waals surface area (Å²) in [5.74, 6) is 0.744. The number of likely N-dealkylation sites (tertiary alicyclic amines) is 1. The number of nitrogens with zero attached hydrogens (tertiary/aromatic N) is 1. The summed E-state index contributed by atoms with van der Waals surface area (Å²) in [7, 11) is 0. The van der Waals surface area contributed by atoms with E-state index in [-0.39, 0.29) is 0 Å². The first-order chi connectivity index (χ1) is 6.24. The molecule has 0 atom stereocenters. The Balaban J connectivity index is 2.18. The van der Waals surface area contributed by atoms with Gasteiger partial charge in [-0.15, -0.1) is 0 Å². The molecule has 2 nitrogen and oxygen atoms in total. The molecule has 1 saturated heterocycles. The van der Waals surface area contributed by atoms with Gasteiger partial charge in [0, 0.05) is 5.92 Å². The van der Waals surface area contributed by atoms with E-state index >= 15 is 0 Å². The summed E-state index contributed by atoms with van der Waals surface area (Å²) in [5, 5.41) is 0. The second-order valence-corrected chi connectivity index (χ2v) is 4.08. The normalized spacial score (nSPS) is 20.5. The van der Waals surface area contributed by atoms with E-state index in [1.54, 1.807) is 6.92 Å². The van der Waals surface area contributed by atoms with Crippen LogP contribution in [0.5, 0.6) is 0 Å². The van der Waals surface area contributed by atoms with Crippen molar-refractivity contribution in [2.45, 2.75) is 39.5 Å². The average Bonchev–Trinajstić information content (AvgIpc) is 2.15. The predicted octanol–water partition coefficient (Wildman–Crippen LogP) is 2.09. The van der Waals surface area contributed by atoms with Gasteiger partial charge < -0.3 is 4.90 Å². The van der Waals surface area contributed by atoms with Crippen LogP contribution in [-0.4, -0.2) is 30.3 Å². The van der Waals surface area contributed by atoms with Gasteiger partial charge in [-0.3, -0.25) is 4.79 Å². The molecule has 0 amide bonds. The molecule has 0 radical (unpaired) electrons. The molecular formula is C11H21NO. The van der Waals surface area contributed by atoms with Gasteiger partial charge in [0.15, 0.2) is 0 Å². The number of hydrogen-bond donors (Lipinski definition) is 0. The van der Waals surface area contributed by atoms with E-state index < -0.39 is 0 Å². The highest BCUT2D eigenvalue weighted by atomic mass is 16.1. The van der Waals surface area contributed by atoms with Gasteiger partial charge in [0.05, 0.1) is 0 Å². The third kappa shape index (κ3) is 3.47. The number of unbranched alkanes of at least 4 members (excludes halogenated alkanes) is 1. The monoisotopic (exact) mass is 183 g/mol. The standard InChI is InChI=1S/C11H21NO/c1-3-4-7-12-8-5-11(6-9-12)10(2)13/h11H,3-9H2,1-2H3. The first kappa shape index (κ1) is 10.7. The zero-order valence-corrected chi connectivity index (χ0v) is 8.88. The highest BCUT2D eigenvalue weighted by molar-refractivity contribution is 5.78. The van der Waals surface area contributed by atoms with Gasteiger partial charge in [-0.2, -0.15) is 0 Å². The van der Waals surface area contributed by atoms with E-state index in [1.165, 1.54) is 19.4 Å². The van der Waals surface area contributed by atoms with E-state index in [0.29, 0.717) is 11.7 Å². The molecular weight excluding hydrogens is 162 g/mol. The molecule has 13 heavy (non-hydrogen) atoms. The summed E-state index contributed by atoms with van der Waals surface area (Å²) in [4.78, 5) is 13.6. The summed E-state index contributed by atoms with van der Waals surface area (Å²) in [6, 6.07) is 0. The highest BCUT2D eigenvalue weighted by Gasteiger charge is 2.21. The van der Waals surface area contributed by atoms with Crippen LogP contribution in [0.15, 0.2) is 0 Å². The molecule has 0 unspecified atom stereocenters. The lowest BCUT2D eigenvalue weighted by molar-refractivity contribution is -0.122. The van der Waals surface area contributed by atoms with Crippen molar-refractivity contribution < 1.29 is 4.79 Å². The molecule has 2 heteroatoms. The summed E-state index contributed by atoms with van der Waals surface area (Å²) in [6.45, 7) is 7.43. The molecule has 1 fully saturated rings. The first-order valence-corrected chi connectivity index (χ1v) is 5.47. The van der Waals surface area contributed by atoms with Gasteiger partial charge in [-0.25, -0.2) is 0 Å². The van der Waals surface area contributed by atoms with Crippen molar-refractivity contribution in [2.75, 3.05) is 19.6 Å². The van der Waals surface area contributed by atoms with Crippen molar-refractivity contribution >= 4 is 5.78 Å². The molecule has 0 bridgehead atoms. The van der Waals surface area contributed by atoms with Gasteiger partial charge in [0.2, 0.25) is 0 Å². The Bertz CT molecular complexity index is 159. The van der Waals surface area contributed by atoms with Crippen molar-refractivity contribution in [3.8, 4) is 0 Å². The SMILES string of the molecule is CCCCN1CCC(C(C)=O)CC1. The van der Waals surface area contributed by atoms with Crippen LogP contribution in [0, 0.1) is 5.92 Å². The Labute approximate surface area is 81.3 Å². The van der Waals surface area contributed by atoms with Gasteiger partial charge in [0.1, 0.15) is 5.78 Å². The zero-order chi connectivity index (χ0) is 9.68. The second kappa shape index (κ2) is 5.38. The van der Waals surface area contributed by atoms with Crippen molar-refractivity contribution in [1.29, 1.82) is 0 Å². The van der Waals surface area contributed by atoms with Crippen LogP contribution in [0.1, 0.15) is 39.5 Å². The first-order valence-electron chi connectivity index (χ1n) is 5.47. The van der Waals surface area contributed by atoms with Crippen LogP contribution in [0.4, 0.5) is 0 Å². The van der Waals surface area contributed by atoms with E-state index in [1.807, 2.05) is 0 Å². The lowest BCUT2D eigenvalue weighted by atomic mass is 9.93. The molecule has 0 N–H and O–H groups in total. The fraction of sp³-hybridized carbons (Fsp3) is 0.909. The Hall–Kier alpha value is -0.370. The highest BCUT2D eigenvalue weighted by Crippen LogP contribution is 2.17. The van der Waals surface area contributed by atoms with Crippen molar-refractivity contribution in [1.82, 2.24) is 4.90 Å². The molecule has 0 aromatic carbocycles. The van der Waals surface area contributed by atoms with E-state index in [0.717, 1.165) is 25.9 Å². The van der Waals surface area contributed by atoms with Gasteiger partial charge in [-0.1, -0.05) is 13.3 Å². The van der Waals surface area contributed by atoms with Crippen molar-refractivity contribution in [3.63, 3.8) is 0 Å². The minimum absolute atomic E-state index is 0.359. The second-order valence-electron chi connectivity index (χ2n) is 4.08. The minimum Gasteiger partial charge on any atom is -0.303 e. The van der Waals surface area contributed by atoms with Gasteiger partial charge >= 0.3 is 0 Å². The molecule has 0 aromatic heterocycles. The number of carbonyl (C=O) groups is 1. The number of carbonyl (C=O) groups excluding carboxylic acids is 1. The molecule has 0 saturated carbocycles. The Morgan fingerprint density at radius 1 is 1.38 bits per heavy atom. The maximum Gasteiger partial charge on any atom is 0.133 e.